The monoisotopic (exact) mass is 263 g/mol. The molecule has 0 saturated heterocycles. The Morgan fingerprint density at radius 3 is 1.33 bits per heavy atom. The number of rotatable bonds is 2. The molecule has 0 radical (unpaired) electrons. The third-order valence-corrected chi connectivity index (χ3v) is 0.819. The number of aliphatic hydroxyl groups excluding tert-OH is 1. The van der Waals surface area contributed by atoms with Gasteiger partial charge in [0.25, 0.3) is 0 Å². The number of hydrogen-bond acceptors (Lipinski definition) is 4. The number of allylic oxidation sites excluding steroid dienone is 4. The van der Waals surface area contributed by atoms with Gasteiger partial charge in [0.1, 0.15) is 0 Å². The molecule has 0 aliphatic rings. The average Bonchev–Trinajstić information content (AvgIpc) is 1.79. The molecule has 0 heterocycles. The first-order valence-corrected chi connectivity index (χ1v) is 3.99. The molecule has 0 aliphatic heterocycles. The van der Waals surface area contributed by atoms with E-state index in [0.717, 1.165) is 6.08 Å². The number of carbonyl (C=O) groups is 2. The van der Waals surface area contributed by atoms with Crippen molar-refractivity contribution >= 4 is 11.6 Å². The fraction of sp³-hybridized carbons (Fsp3) is 0.400. The minimum absolute atomic E-state index is 0. The van der Waals surface area contributed by atoms with Crippen LogP contribution in [-0.2, 0) is 29.1 Å². The minimum atomic E-state index is -0.187. The molecule has 1 N–H and O–H groups in total. The third-order valence-electron chi connectivity index (χ3n) is 0.819. The van der Waals surface area contributed by atoms with Gasteiger partial charge >= 0.3 is 0 Å². The van der Waals surface area contributed by atoms with E-state index in [1.807, 2.05) is 0 Å². The molecule has 5 heteroatoms. The number of hydrogen-bond donors (Lipinski definition) is 1. The minimum Gasteiger partial charge on any atom is -0.876 e. The first-order valence-electron chi connectivity index (χ1n) is 3.99. The predicted molar refractivity (Wildman–Crippen MR) is 51.5 cm³/mol. The van der Waals surface area contributed by atoms with Crippen LogP contribution in [0.15, 0.2) is 23.7 Å². The van der Waals surface area contributed by atoms with Crippen molar-refractivity contribution in [3.63, 3.8) is 0 Å². The Bertz CT molecular complexity index is 231. The van der Waals surface area contributed by atoms with Gasteiger partial charge in [0, 0.05) is 25.6 Å². The molecule has 0 amide bonds. The maximum absolute atomic E-state index is 10.0. The summed E-state index contributed by atoms with van der Waals surface area (Å²) in [6.07, 6.45) is 2.22. The SMILES string of the molecule is CC(=O)/C=C(/C)O.CC(=O)/C=C(/C)[O-].[Zn]. The van der Waals surface area contributed by atoms with Gasteiger partial charge in [-0.3, -0.25) is 9.59 Å². The van der Waals surface area contributed by atoms with Gasteiger partial charge in [-0.05, 0) is 26.8 Å². The van der Waals surface area contributed by atoms with E-state index in [0.29, 0.717) is 0 Å². The van der Waals surface area contributed by atoms with Gasteiger partial charge in [0.05, 0.1) is 5.76 Å². The van der Waals surface area contributed by atoms with Gasteiger partial charge in [0.15, 0.2) is 11.6 Å². The zero-order valence-corrected chi connectivity index (χ0v) is 12.5. The van der Waals surface area contributed by atoms with Gasteiger partial charge in [-0.1, -0.05) is 6.92 Å². The quantitative estimate of drug-likeness (QED) is 0.456. The average molecular weight is 265 g/mol. The van der Waals surface area contributed by atoms with Crippen LogP contribution in [0.2, 0.25) is 0 Å². The fourth-order valence-corrected chi connectivity index (χ4v) is 0.580. The van der Waals surface area contributed by atoms with Gasteiger partial charge in [-0.2, -0.15) is 0 Å². The Morgan fingerprint density at radius 2 is 1.33 bits per heavy atom. The first-order chi connectivity index (χ1) is 6.25. The zero-order valence-electron chi connectivity index (χ0n) is 9.53. The van der Waals surface area contributed by atoms with Crippen LogP contribution < -0.4 is 5.11 Å². The van der Waals surface area contributed by atoms with Gasteiger partial charge in [-0.25, -0.2) is 0 Å². The summed E-state index contributed by atoms with van der Waals surface area (Å²) >= 11 is 0. The molecule has 0 unspecified atom stereocenters. The van der Waals surface area contributed by atoms with Crippen molar-refractivity contribution in [3.05, 3.63) is 23.7 Å². The molecular weight excluding hydrogens is 249 g/mol. The van der Waals surface area contributed by atoms with Crippen LogP contribution in [0.4, 0.5) is 0 Å². The number of carbonyl (C=O) groups excluding carboxylic acids is 2. The Kier molecular flexibility index (Phi) is 14.5. The van der Waals surface area contributed by atoms with Crippen molar-refractivity contribution in [2.24, 2.45) is 0 Å². The van der Waals surface area contributed by atoms with Crippen molar-refractivity contribution in [1.82, 2.24) is 0 Å². The molecule has 0 saturated carbocycles. The van der Waals surface area contributed by atoms with Crippen molar-refractivity contribution in [1.29, 1.82) is 0 Å². The molecule has 0 aromatic carbocycles. The second-order valence-electron chi connectivity index (χ2n) is 2.76. The van der Waals surface area contributed by atoms with Crippen LogP contribution in [0.25, 0.3) is 0 Å². The van der Waals surface area contributed by atoms with E-state index < -0.39 is 0 Å². The Morgan fingerprint density at radius 1 is 1.00 bits per heavy atom. The molecule has 0 aliphatic carbocycles. The Balaban J connectivity index is -0.000000180. The largest absolute Gasteiger partial charge is 0.876 e. The second-order valence-corrected chi connectivity index (χ2v) is 2.76. The molecule has 0 fully saturated rings. The number of aliphatic hydroxyl groups is 1. The van der Waals surface area contributed by atoms with Crippen LogP contribution in [0.1, 0.15) is 27.7 Å². The summed E-state index contributed by atoms with van der Waals surface area (Å²) in [6.45, 7) is 5.55. The standard InChI is InChI=1S/2C5H8O2.Zn/c2*1-4(6)3-5(2)7;/h2*3,6H,1-2H3;/p-1/b2*4-3-;. The van der Waals surface area contributed by atoms with E-state index in [1.54, 1.807) is 0 Å². The van der Waals surface area contributed by atoms with Crippen LogP contribution >= 0.6 is 0 Å². The molecule has 15 heavy (non-hydrogen) atoms. The van der Waals surface area contributed by atoms with Gasteiger partial charge in [-0.15, -0.1) is 5.76 Å². The molecule has 0 rings (SSSR count). The van der Waals surface area contributed by atoms with Crippen LogP contribution in [-0.4, -0.2) is 16.7 Å². The maximum Gasteiger partial charge on any atom is 0.155 e. The fourth-order valence-electron chi connectivity index (χ4n) is 0.580. The summed E-state index contributed by atoms with van der Waals surface area (Å²) in [5.41, 5.74) is 0. The van der Waals surface area contributed by atoms with E-state index in [-0.39, 0.29) is 42.6 Å². The van der Waals surface area contributed by atoms with E-state index in [4.69, 9.17) is 5.11 Å². The summed E-state index contributed by atoms with van der Waals surface area (Å²) in [4.78, 5) is 20.0. The molecule has 0 bridgehead atoms. The topological polar surface area (TPSA) is 77.4 Å². The van der Waals surface area contributed by atoms with E-state index in [2.05, 4.69) is 0 Å². The number of ketones is 2. The van der Waals surface area contributed by atoms with Crippen molar-refractivity contribution in [3.8, 4) is 0 Å². The van der Waals surface area contributed by atoms with E-state index in [1.165, 1.54) is 33.8 Å². The normalized spacial score (nSPS) is 10.7. The summed E-state index contributed by atoms with van der Waals surface area (Å²) < 4.78 is 0. The van der Waals surface area contributed by atoms with Crippen LogP contribution in [0, 0.1) is 0 Å². The third kappa shape index (κ3) is 32.1. The van der Waals surface area contributed by atoms with E-state index in [9.17, 15) is 14.7 Å². The van der Waals surface area contributed by atoms with Gasteiger partial charge in [0.2, 0.25) is 0 Å². The first kappa shape index (κ1) is 19.6. The maximum atomic E-state index is 10.0. The molecule has 0 atom stereocenters. The predicted octanol–water partition coefficient (Wildman–Crippen LogP) is 0.874. The Hall–Kier alpha value is -0.957. The molecular formula is C10H15O4Zn-. The summed E-state index contributed by atoms with van der Waals surface area (Å²) in [7, 11) is 0. The van der Waals surface area contributed by atoms with Crippen molar-refractivity contribution in [2.75, 3.05) is 0 Å². The summed E-state index contributed by atoms with van der Waals surface area (Å²) in [6, 6.07) is 0. The molecule has 4 nitrogen and oxygen atoms in total. The second kappa shape index (κ2) is 11.1. The van der Waals surface area contributed by atoms with Crippen molar-refractivity contribution < 1.29 is 39.3 Å². The van der Waals surface area contributed by atoms with Crippen LogP contribution in [0.5, 0.6) is 0 Å². The smallest absolute Gasteiger partial charge is 0.155 e. The molecule has 0 aromatic heterocycles. The van der Waals surface area contributed by atoms with Crippen molar-refractivity contribution in [2.45, 2.75) is 27.7 Å². The Labute approximate surface area is 102 Å². The zero-order chi connectivity index (χ0) is 11.7. The van der Waals surface area contributed by atoms with Crippen LogP contribution in [0.3, 0.4) is 0 Å². The molecule has 0 spiro atoms. The van der Waals surface area contributed by atoms with Gasteiger partial charge < -0.3 is 10.2 Å². The molecule has 0 aromatic rings. The van der Waals surface area contributed by atoms with E-state index >= 15 is 0 Å². The summed E-state index contributed by atoms with van der Waals surface area (Å²) in [5.74, 6) is -0.437. The summed E-state index contributed by atoms with van der Waals surface area (Å²) in [5, 5.41) is 18.3. The molecule has 82 valence electrons.